The lowest BCUT2D eigenvalue weighted by molar-refractivity contribution is -0.147. The van der Waals surface area contributed by atoms with Gasteiger partial charge >= 0.3 is 0 Å². The van der Waals surface area contributed by atoms with Crippen molar-refractivity contribution in [1.82, 2.24) is 4.90 Å². The average Bonchev–Trinajstić information content (AvgIpc) is 3.63. The van der Waals surface area contributed by atoms with E-state index in [0.717, 1.165) is 18.8 Å². The van der Waals surface area contributed by atoms with Gasteiger partial charge in [0.2, 0.25) is 17.7 Å². The number of aliphatic hydroxyl groups excluding tert-OH is 1. The van der Waals surface area contributed by atoms with Crippen molar-refractivity contribution < 1.29 is 29.0 Å². The largest absolute Gasteiger partial charge is 0.494 e. The van der Waals surface area contributed by atoms with Gasteiger partial charge < -0.3 is 35.0 Å². The van der Waals surface area contributed by atoms with Crippen LogP contribution in [-0.4, -0.2) is 77.3 Å². The van der Waals surface area contributed by atoms with Gasteiger partial charge in [0.25, 0.3) is 0 Å². The number of carbonyl (C=O) groups excluding carboxylic acids is 3. The lowest BCUT2D eigenvalue weighted by Crippen LogP contribution is -2.55. The Morgan fingerprint density at radius 1 is 1.00 bits per heavy atom. The van der Waals surface area contributed by atoms with Crippen molar-refractivity contribution in [3.8, 4) is 5.75 Å². The van der Waals surface area contributed by atoms with Crippen molar-refractivity contribution in [1.29, 1.82) is 0 Å². The second-order valence-electron chi connectivity index (χ2n) is 11.8. The third-order valence-electron chi connectivity index (χ3n) is 9.58. The molecule has 2 bridgehead atoms. The van der Waals surface area contributed by atoms with Gasteiger partial charge in [-0.15, -0.1) is 0 Å². The second kappa shape index (κ2) is 12.2. The van der Waals surface area contributed by atoms with Crippen molar-refractivity contribution >= 4 is 34.8 Å². The van der Waals surface area contributed by atoms with Gasteiger partial charge in [-0.1, -0.05) is 6.92 Å². The molecule has 3 heterocycles. The van der Waals surface area contributed by atoms with Crippen LogP contribution in [0.3, 0.4) is 0 Å². The van der Waals surface area contributed by atoms with Crippen molar-refractivity contribution in [2.24, 2.45) is 11.8 Å². The van der Waals surface area contributed by atoms with Gasteiger partial charge in [-0.25, -0.2) is 0 Å². The number of carbonyl (C=O) groups is 3. The fourth-order valence-corrected chi connectivity index (χ4v) is 7.49. The molecule has 232 valence electrons. The van der Waals surface area contributed by atoms with Crippen LogP contribution < -0.4 is 20.3 Å². The van der Waals surface area contributed by atoms with Crippen LogP contribution in [0.5, 0.6) is 5.75 Å². The SMILES string of the molecule is CCOc1ccc(NC(=O)[C@H]2[C@H]3C(=O)N([C@H](C)CO)C(C(=O)Nc4ccc(N(CC)CC)cc4)C34CC[C@]2(CC)O4)cc1. The van der Waals surface area contributed by atoms with E-state index >= 15 is 0 Å². The quantitative estimate of drug-likeness (QED) is 0.340. The molecule has 0 radical (unpaired) electrons. The minimum Gasteiger partial charge on any atom is -0.494 e. The first kappa shape index (κ1) is 30.8. The fourth-order valence-electron chi connectivity index (χ4n) is 7.49. The van der Waals surface area contributed by atoms with Gasteiger partial charge in [0.15, 0.2) is 0 Å². The first-order valence-corrected chi connectivity index (χ1v) is 15.5. The number of hydrogen-bond donors (Lipinski definition) is 3. The molecule has 3 fully saturated rings. The van der Waals surface area contributed by atoms with E-state index in [2.05, 4.69) is 29.4 Å². The first-order valence-electron chi connectivity index (χ1n) is 15.5. The average molecular weight is 593 g/mol. The molecule has 3 N–H and O–H groups in total. The van der Waals surface area contributed by atoms with Crippen LogP contribution in [0.1, 0.15) is 53.9 Å². The number of fused-ring (bicyclic) bond motifs is 1. The zero-order chi connectivity index (χ0) is 30.9. The molecular formula is C33H44N4O6. The monoisotopic (exact) mass is 592 g/mol. The molecule has 10 nitrogen and oxygen atoms in total. The molecule has 3 aliphatic rings. The zero-order valence-corrected chi connectivity index (χ0v) is 25.8. The lowest BCUT2D eigenvalue weighted by atomic mass is 9.65. The van der Waals surface area contributed by atoms with E-state index in [1.54, 1.807) is 31.2 Å². The standard InChI is InChI=1S/C33H44N4O6/c1-6-32-18-19-33(43-32)27(26(32)29(39)34-23-12-16-25(17-13-23)42-9-4)31(41)37(21(5)20-38)28(33)30(40)35-22-10-14-24(15-11-22)36(7-2)8-3/h10-17,21,26-28,38H,6-9,18-20H2,1-5H3,(H,34,39)(H,35,40)/t21-,26-,27+,28?,32+,33?/m1/s1. The number of anilines is 3. The van der Waals surface area contributed by atoms with Crippen molar-refractivity contribution in [2.75, 3.05) is 41.8 Å². The number of nitrogens with zero attached hydrogens (tertiary/aromatic N) is 2. The predicted molar refractivity (Wildman–Crippen MR) is 165 cm³/mol. The Hall–Kier alpha value is -3.63. The number of hydrogen-bond acceptors (Lipinski definition) is 7. The van der Waals surface area contributed by atoms with Crippen molar-refractivity contribution in [3.63, 3.8) is 0 Å². The van der Waals surface area contributed by atoms with Crippen LogP contribution in [0.4, 0.5) is 17.1 Å². The minimum absolute atomic E-state index is 0.310. The molecular weight excluding hydrogens is 548 g/mol. The predicted octanol–water partition coefficient (Wildman–Crippen LogP) is 4.04. The number of likely N-dealkylation sites (tertiary alicyclic amines) is 1. The Morgan fingerprint density at radius 2 is 1.60 bits per heavy atom. The molecule has 2 unspecified atom stereocenters. The van der Waals surface area contributed by atoms with E-state index in [1.165, 1.54) is 4.90 Å². The molecule has 2 aromatic carbocycles. The van der Waals surface area contributed by atoms with E-state index in [4.69, 9.17) is 9.47 Å². The Kier molecular flexibility index (Phi) is 8.72. The zero-order valence-electron chi connectivity index (χ0n) is 25.8. The smallest absolute Gasteiger partial charge is 0.250 e. The summed E-state index contributed by atoms with van der Waals surface area (Å²) < 4.78 is 12.3. The molecule has 5 rings (SSSR count). The van der Waals surface area contributed by atoms with E-state index in [1.807, 2.05) is 38.1 Å². The molecule has 2 aromatic rings. The van der Waals surface area contributed by atoms with Crippen molar-refractivity contribution in [3.05, 3.63) is 48.5 Å². The molecule has 1 spiro atoms. The Bertz CT molecular complexity index is 1330. The Morgan fingerprint density at radius 3 is 2.16 bits per heavy atom. The molecule has 0 saturated carbocycles. The number of benzene rings is 2. The highest BCUT2D eigenvalue weighted by atomic mass is 16.5. The lowest BCUT2D eigenvalue weighted by Gasteiger charge is -2.36. The molecule has 0 aromatic heterocycles. The molecule has 3 amide bonds. The molecule has 0 aliphatic carbocycles. The summed E-state index contributed by atoms with van der Waals surface area (Å²) in [5.74, 6) is -1.96. The fraction of sp³-hybridized carbons (Fsp3) is 0.545. The maximum Gasteiger partial charge on any atom is 0.250 e. The number of aliphatic hydroxyl groups is 1. The number of nitrogens with one attached hydrogen (secondary N) is 2. The van der Waals surface area contributed by atoms with Crippen LogP contribution >= 0.6 is 0 Å². The van der Waals surface area contributed by atoms with Gasteiger partial charge in [-0.05, 0) is 95.5 Å². The second-order valence-corrected chi connectivity index (χ2v) is 11.8. The summed E-state index contributed by atoms with van der Waals surface area (Å²) in [6.07, 6.45) is 1.55. The van der Waals surface area contributed by atoms with Crippen LogP contribution in [0.2, 0.25) is 0 Å². The van der Waals surface area contributed by atoms with E-state index in [-0.39, 0.29) is 24.3 Å². The van der Waals surface area contributed by atoms with E-state index in [0.29, 0.717) is 43.0 Å². The molecule has 3 aliphatic heterocycles. The normalized spacial score (nSPS) is 28.0. The van der Waals surface area contributed by atoms with Gasteiger partial charge in [0.1, 0.15) is 17.4 Å². The Balaban J connectivity index is 1.45. The summed E-state index contributed by atoms with van der Waals surface area (Å²) in [7, 11) is 0. The number of ether oxygens (including phenoxy) is 2. The van der Waals surface area contributed by atoms with Crippen LogP contribution in [-0.2, 0) is 19.1 Å². The molecule has 6 atom stereocenters. The van der Waals surface area contributed by atoms with Crippen LogP contribution in [0.25, 0.3) is 0 Å². The van der Waals surface area contributed by atoms with Gasteiger partial charge in [0.05, 0.1) is 36.7 Å². The van der Waals surface area contributed by atoms with Gasteiger partial charge in [-0.2, -0.15) is 0 Å². The summed E-state index contributed by atoms with van der Waals surface area (Å²) in [4.78, 5) is 46.0. The molecule has 3 saturated heterocycles. The summed E-state index contributed by atoms with van der Waals surface area (Å²) >= 11 is 0. The van der Waals surface area contributed by atoms with Crippen LogP contribution in [0, 0.1) is 11.8 Å². The number of rotatable bonds is 12. The van der Waals surface area contributed by atoms with Crippen LogP contribution in [0.15, 0.2) is 48.5 Å². The molecule has 43 heavy (non-hydrogen) atoms. The van der Waals surface area contributed by atoms with E-state index in [9.17, 15) is 19.5 Å². The summed E-state index contributed by atoms with van der Waals surface area (Å²) in [6.45, 7) is 11.7. The van der Waals surface area contributed by atoms with Gasteiger partial charge in [0, 0.05) is 30.2 Å². The maximum atomic E-state index is 14.2. The highest BCUT2D eigenvalue weighted by Crippen LogP contribution is 2.64. The summed E-state index contributed by atoms with van der Waals surface area (Å²) in [5, 5.41) is 16.1. The van der Waals surface area contributed by atoms with Gasteiger partial charge in [-0.3, -0.25) is 14.4 Å². The summed E-state index contributed by atoms with van der Waals surface area (Å²) in [6, 6.07) is 13.1. The number of amides is 3. The molecule has 10 heteroatoms. The van der Waals surface area contributed by atoms with Crippen molar-refractivity contribution in [2.45, 2.75) is 77.2 Å². The third kappa shape index (κ3) is 5.14. The first-order chi connectivity index (χ1) is 20.7. The maximum absolute atomic E-state index is 14.2. The topological polar surface area (TPSA) is 120 Å². The highest BCUT2D eigenvalue weighted by molar-refractivity contribution is 6.05. The Labute approximate surface area is 253 Å². The summed E-state index contributed by atoms with van der Waals surface area (Å²) in [5.41, 5.74) is 0.200. The third-order valence-corrected chi connectivity index (χ3v) is 9.58. The minimum atomic E-state index is -1.18. The highest BCUT2D eigenvalue weighted by Gasteiger charge is 2.79. The van der Waals surface area contributed by atoms with E-state index < -0.39 is 35.1 Å².